The number of hydrogen-bond acceptors (Lipinski definition) is 3. The third-order valence-corrected chi connectivity index (χ3v) is 4.45. The van der Waals surface area contributed by atoms with Gasteiger partial charge in [-0.3, -0.25) is 4.79 Å². The molecule has 0 radical (unpaired) electrons. The summed E-state index contributed by atoms with van der Waals surface area (Å²) in [5.41, 5.74) is -1.47. The zero-order valence-electron chi connectivity index (χ0n) is 15.5. The molecule has 0 bridgehead atoms. The van der Waals surface area contributed by atoms with Crippen molar-refractivity contribution >= 4 is 22.4 Å². The number of furan rings is 1. The molecule has 1 heterocycles. The van der Waals surface area contributed by atoms with Crippen molar-refractivity contribution in [1.29, 1.82) is 0 Å². The molecule has 0 unspecified atom stereocenters. The number of hydrogen-bond donors (Lipinski definition) is 1. The van der Waals surface area contributed by atoms with Gasteiger partial charge in [-0.1, -0.05) is 36.4 Å². The van der Waals surface area contributed by atoms with Crippen LogP contribution in [0.1, 0.15) is 16.3 Å². The average Bonchev–Trinajstić information content (AvgIpc) is 3.27. The molecule has 158 valence electrons. The number of nitrogens with one attached hydrogen (secondary N) is 1. The predicted octanol–water partition coefficient (Wildman–Crippen LogP) is 5.96. The van der Waals surface area contributed by atoms with Crippen LogP contribution in [0.2, 0.25) is 0 Å². The molecule has 1 aromatic heterocycles. The molecule has 0 fully saturated rings. The van der Waals surface area contributed by atoms with Crippen LogP contribution in [-0.2, 0) is 6.61 Å². The summed E-state index contributed by atoms with van der Waals surface area (Å²) in [6.45, 7) is -0.0657. The van der Waals surface area contributed by atoms with Crippen molar-refractivity contribution in [3.05, 3.63) is 95.2 Å². The normalized spacial score (nSPS) is 11.0. The van der Waals surface area contributed by atoms with Gasteiger partial charge in [-0.2, -0.15) is 0 Å². The third kappa shape index (κ3) is 3.81. The molecular formula is C22H12F5NO3. The Kier molecular flexibility index (Phi) is 5.33. The van der Waals surface area contributed by atoms with Gasteiger partial charge >= 0.3 is 0 Å². The van der Waals surface area contributed by atoms with Crippen LogP contribution in [0.5, 0.6) is 5.75 Å². The molecule has 1 amide bonds. The molecular weight excluding hydrogens is 421 g/mol. The van der Waals surface area contributed by atoms with Crippen molar-refractivity contribution in [2.24, 2.45) is 0 Å². The van der Waals surface area contributed by atoms with Gasteiger partial charge in [-0.15, -0.1) is 0 Å². The van der Waals surface area contributed by atoms with Crippen LogP contribution in [0.4, 0.5) is 27.6 Å². The van der Waals surface area contributed by atoms with E-state index in [1.807, 2.05) is 36.4 Å². The molecule has 4 aromatic rings. The SMILES string of the molecule is O=C(Nc1c(F)c(F)c(F)c(F)c1F)c1ccc(COc2cccc3ccccc23)o1. The Labute approximate surface area is 171 Å². The van der Waals surface area contributed by atoms with Crippen LogP contribution in [0.15, 0.2) is 59.0 Å². The second kappa shape index (κ2) is 8.10. The number of carbonyl (C=O) groups excluding carboxylic acids is 1. The van der Waals surface area contributed by atoms with Crippen molar-refractivity contribution in [2.45, 2.75) is 6.61 Å². The summed E-state index contributed by atoms with van der Waals surface area (Å²) in [7, 11) is 0. The highest BCUT2D eigenvalue weighted by atomic mass is 19.2. The van der Waals surface area contributed by atoms with Gasteiger partial charge in [0.05, 0.1) is 0 Å². The van der Waals surface area contributed by atoms with E-state index in [0.717, 1.165) is 10.8 Å². The highest BCUT2D eigenvalue weighted by Gasteiger charge is 2.27. The van der Waals surface area contributed by atoms with Crippen LogP contribution < -0.4 is 10.1 Å². The molecule has 0 spiro atoms. The van der Waals surface area contributed by atoms with Crippen molar-refractivity contribution < 1.29 is 35.9 Å². The second-order valence-corrected chi connectivity index (χ2v) is 6.43. The maximum atomic E-state index is 13.7. The predicted molar refractivity (Wildman–Crippen MR) is 101 cm³/mol. The lowest BCUT2D eigenvalue weighted by molar-refractivity contribution is 0.0991. The Hall–Kier alpha value is -3.88. The average molecular weight is 433 g/mol. The van der Waals surface area contributed by atoms with E-state index >= 15 is 0 Å². The fraction of sp³-hybridized carbons (Fsp3) is 0.0455. The number of anilines is 1. The first-order chi connectivity index (χ1) is 14.9. The lowest BCUT2D eigenvalue weighted by Gasteiger charge is -2.09. The third-order valence-electron chi connectivity index (χ3n) is 4.45. The van der Waals surface area contributed by atoms with Gasteiger partial charge in [-0.25, -0.2) is 22.0 Å². The minimum absolute atomic E-state index is 0.0657. The summed E-state index contributed by atoms with van der Waals surface area (Å²) >= 11 is 0. The van der Waals surface area contributed by atoms with Gasteiger partial charge in [0, 0.05) is 5.39 Å². The molecule has 0 aliphatic carbocycles. The highest BCUT2D eigenvalue weighted by Crippen LogP contribution is 2.28. The van der Waals surface area contributed by atoms with Crippen molar-refractivity contribution in [1.82, 2.24) is 0 Å². The molecule has 0 atom stereocenters. The van der Waals surface area contributed by atoms with Crippen LogP contribution in [0.3, 0.4) is 0 Å². The lowest BCUT2D eigenvalue weighted by atomic mass is 10.1. The molecule has 0 saturated heterocycles. The zero-order chi connectivity index (χ0) is 22.1. The van der Waals surface area contributed by atoms with Gasteiger partial charge in [0.15, 0.2) is 29.0 Å². The Morgan fingerprint density at radius 3 is 2.19 bits per heavy atom. The minimum atomic E-state index is -2.32. The highest BCUT2D eigenvalue weighted by molar-refractivity contribution is 6.02. The number of fused-ring (bicyclic) bond motifs is 1. The Bertz CT molecular complexity index is 1270. The summed E-state index contributed by atoms with van der Waals surface area (Å²) < 4.78 is 78.1. The molecule has 31 heavy (non-hydrogen) atoms. The zero-order valence-corrected chi connectivity index (χ0v) is 15.5. The van der Waals surface area contributed by atoms with E-state index < -0.39 is 46.4 Å². The lowest BCUT2D eigenvalue weighted by Crippen LogP contribution is -2.16. The summed E-state index contributed by atoms with van der Waals surface area (Å²) in [5.74, 6) is -11.8. The number of rotatable bonds is 5. The number of amides is 1. The van der Waals surface area contributed by atoms with E-state index in [1.165, 1.54) is 12.1 Å². The second-order valence-electron chi connectivity index (χ2n) is 6.43. The van der Waals surface area contributed by atoms with Crippen molar-refractivity contribution in [2.75, 3.05) is 5.32 Å². The van der Waals surface area contributed by atoms with Gasteiger partial charge in [0.1, 0.15) is 23.8 Å². The molecule has 4 nitrogen and oxygen atoms in total. The topological polar surface area (TPSA) is 51.5 Å². The first kappa shape index (κ1) is 20.4. The molecule has 0 saturated carbocycles. The van der Waals surface area contributed by atoms with Crippen LogP contribution in [-0.4, -0.2) is 5.91 Å². The summed E-state index contributed by atoms with van der Waals surface area (Å²) in [4.78, 5) is 12.2. The number of ether oxygens (including phenoxy) is 1. The number of benzene rings is 3. The Morgan fingerprint density at radius 2 is 1.45 bits per heavy atom. The van der Waals surface area contributed by atoms with Gasteiger partial charge in [0.25, 0.3) is 5.91 Å². The smallest absolute Gasteiger partial charge is 0.291 e. The monoisotopic (exact) mass is 433 g/mol. The summed E-state index contributed by atoms with van der Waals surface area (Å²) in [5, 5.41) is 3.47. The van der Waals surface area contributed by atoms with Gasteiger partial charge in [-0.05, 0) is 23.6 Å². The Morgan fingerprint density at radius 1 is 0.806 bits per heavy atom. The van der Waals surface area contributed by atoms with E-state index in [9.17, 15) is 26.7 Å². The molecule has 9 heteroatoms. The fourth-order valence-electron chi connectivity index (χ4n) is 2.94. The molecule has 4 rings (SSSR count). The molecule has 0 aliphatic rings. The number of halogens is 5. The van der Waals surface area contributed by atoms with Gasteiger partial charge < -0.3 is 14.5 Å². The summed E-state index contributed by atoms with van der Waals surface area (Å²) in [6.07, 6.45) is 0. The van der Waals surface area contributed by atoms with Crippen LogP contribution in [0.25, 0.3) is 10.8 Å². The van der Waals surface area contributed by atoms with E-state index in [4.69, 9.17) is 9.15 Å². The maximum Gasteiger partial charge on any atom is 0.291 e. The summed E-state index contributed by atoms with van der Waals surface area (Å²) in [6, 6.07) is 15.6. The fourth-order valence-corrected chi connectivity index (χ4v) is 2.94. The van der Waals surface area contributed by atoms with E-state index in [2.05, 4.69) is 0 Å². The Balaban J connectivity index is 1.50. The van der Waals surface area contributed by atoms with E-state index in [1.54, 1.807) is 11.4 Å². The number of carbonyl (C=O) groups is 1. The standard InChI is InChI=1S/C22H12F5NO3/c23-16-17(24)19(26)21(20(27)18(16)25)28-22(29)15-9-8-12(31-15)10-30-14-7-3-5-11-4-1-2-6-13(11)14/h1-9H,10H2,(H,28,29). The molecule has 0 aliphatic heterocycles. The first-order valence-corrected chi connectivity index (χ1v) is 8.89. The van der Waals surface area contributed by atoms with E-state index in [0.29, 0.717) is 5.75 Å². The minimum Gasteiger partial charge on any atom is -0.485 e. The quantitative estimate of drug-likeness (QED) is 0.240. The molecule has 1 N–H and O–H groups in total. The largest absolute Gasteiger partial charge is 0.485 e. The van der Waals surface area contributed by atoms with Gasteiger partial charge in [0.2, 0.25) is 5.82 Å². The van der Waals surface area contributed by atoms with E-state index in [-0.39, 0.29) is 12.4 Å². The molecule has 3 aromatic carbocycles. The van der Waals surface area contributed by atoms with Crippen molar-refractivity contribution in [3.63, 3.8) is 0 Å². The maximum absolute atomic E-state index is 13.7. The first-order valence-electron chi connectivity index (χ1n) is 8.89. The van der Waals surface area contributed by atoms with Crippen LogP contribution >= 0.6 is 0 Å². The van der Waals surface area contributed by atoms with Crippen molar-refractivity contribution in [3.8, 4) is 5.75 Å². The van der Waals surface area contributed by atoms with Crippen LogP contribution in [0, 0.1) is 29.1 Å².